The van der Waals surface area contributed by atoms with E-state index in [1.54, 1.807) is 34.9 Å². The number of hydrogen-bond acceptors (Lipinski definition) is 3. The molecule has 4 nitrogen and oxygen atoms in total. The van der Waals surface area contributed by atoms with Gasteiger partial charge in [-0.3, -0.25) is 9.36 Å². The standard InChI is InChI=1S/C15H9BrFN3O/c16-10-5-6-14(20-8-18-19-9-20)12(7-10)15(21)11-3-1-2-4-13(11)17/h1-9H. The van der Waals surface area contributed by atoms with Gasteiger partial charge in [0, 0.05) is 10.0 Å². The molecule has 0 spiro atoms. The number of hydrogen-bond donors (Lipinski definition) is 0. The van der Waals surface area contributed by atoms with E-state index in [0.29, 0.717) is 11.3 Å². The van der Waals surface area contributed by atoms with Crippen molar-refractivity contribution in [2.45, 2.75) is 0 Å². The van der Waals surface area contributed by atoms with Gasteiger partial charge < -0.3 is 0 Å². The highest BCUT2D eigenvalue weighted by molar-refractivity contribution is 9.10. The summed E-state index contributed by atoms with van der Waals surface area (Å²) >= 11 is 3.33. The lowest BCUT2D eigenvalue weighted by atomic mass is 10.0. The number of halogens is 2. The van der Waals surface area contributed by atoms with Crippen LogP contribution in [-0.2, 0) is 0 Å². The van der Waals surface area contributed by atoms with E-state index in [4.69, 9.17) is 0 Å². The molecular formula is C15H9BrFN3O. The molecule has 1 heterocycles. The zero-order chi connectivity index (χ0) is 14.8. The fourth-order valence-electron chi connectivity index (χ4n) is 2.03. The Balaban J connectivity index is 2.16. The van der Waals surface area contributed by atoms with Crippen molar-refractivity contribution in [1.29, 1.82) is 0 Å². The molecule has 0 aliphatic rings. The third-order valence-corrected chi connectivity index (χ3v) is 3.51. The van der Waals surface area contributed by atoms with Crippen LogP contribution < -0.4 is 0 Å². The average molecular weight is 346 g/mol. The van der Waals surface area contributed by atoms with Crippen LogP contribution in [0.15, 0.2) is 59.6 Å². The Morgan fingerprint density at radius 2 is 1.76 bits per heavy atom. The Labute approximate surface area is 128 Å². The number of ketones is 1. The molecular weight excluding hydrogens is 337 g/mol. The third-order valence-electron chi connectivity index (χ3n) is 3.02. The SMILES string of the molecule is O=C(c1ccccc1F)c1cc(Br)ccc1-n1cnnc1. The molecule has 0 N–H and O–H groups in total. The summed E-state index contributed by atoms with van der Waals surface area (Å²) in [5.74, 6) is -0.935. The molecule has 0 amide bonds. The summed E-state index contributed by atoms with van der Waals surface area (Å²) in [6.45, 7) is 0. The van der Waals surface area contributed by atoms with Crippen LogP contribution in [0.5, 0.6) is 0 Å². The fraction of sp³-hybridized carbons (Fsp3) is 0. The molecule has 3 aromatic rings. The number of nitrogens with zero attached hydrogens (tertiary/aromatic N) is 3. The summed E-state index contributed by atoms with van der Waals surface area (Å²) in [4.78, 5) is 12.6. The summed E-state index contributed by atoms with van der Waals surface area (Å²) in [6, 6.07) is 11.1. The quantitative estimate of drug-likeness (QED) is 0.683. The van der Waals surface area contributed by atoms with Gasteiger partial charge in [0.05, 0.1) is 11.3 Å². The van der Waals surface area contributed by atoms with Crippen molar-refractivity contribution in [2.24, 2.45) is 0 Å². The van der Waals surface area contributed by atoms with Crippen molar-refractivity contribution in [3.05, 3.63) is 76.5 Å². The molecule has 2 aromatic carbocycles. The van der Waals surface area contributed by atoms with E-state index < -0.39 is 11.6 Å². The minimum Gasteiger partial charge on any atom is -0.288 e. The van der Waals surface area contributed by atoms with Gasteiger partial charge in [0.2, 0.25) is 0 Å². The van der Waals surface area contributed by atoms with Crippen molar-refractivity contribution >= 4 is 21.7 Å². The fourth-order valence-corrected chi connectivity index (χ4v) is 2.39. The van der Waals surface area contributed by atoms with Gasteiger partial charge in [-0.2, -0.15) is 0 Å². The first-order valence-electron chi connectivity index (χ1n) is 6.10. The first-order valence-corrected chi connectivity index (χ1v) is 6.90. The van der Waals surface area contributed by atoms with E-state index in [2.05, 4.69) is 26.1 Å². The zero-order valence-corrected chi connectivity index (χ0v) is 12.3. The molecule has 6 heteroatoms. The molecule has 1 aromatic heterocycles. The van der Waals surface area contributed by atoms with Crippen molar-refractivity contribution in [1.82, 2.24) is 14.8 Å². The second-order valence-corrected chi connectivity index (χ2v) is 5.26. The van der Waals surface area contributed by atoms with Crippen LogP contribution in [0, 0.1) is 5.82 Å². The molecule has 0 bridgehead atoms. The molecule has 0 atom stereocenters. The molecule has 0 saturated heterocycles. The molecule has 0 saturated carbocycles. The lowest BCUT2D eigenvalue weighted by molar-refractivity contribution is 0.103. The van der Waals surface area contributed by atoms with Crippen LogP contribution >= 0.6 is 15.9 Å². The third kappa shape index (κ3) is 2.62. The van der Waals surface area contributed by atoms with Gasteiger partial charge in [-0.1, -0.05) is 28.1 Å². The Morgan fingerprint density at radius 1 is 1.05 bits per heavy atom. The number of aromatic nitrogens is 3. The summed E-state index contributed by atoms with van der Waals surface area (Å²) in [6.07, 6.45) is 2.97. The lowest BCUT2D eigenvalue weighted by Crippen LogP contribution is -2.08. The first-order chi connectivity index (χ1) is 10.2. The highest BCUT2D eigenvalue weighted by Crippen LogP contribution is 2.23. The van der Waals surface area contributed by atoms with E-state index in [1.165, 1.54) is 24.8 Å². The van der Waals surface area contributed by atoms with Crippen molar-refractivity contribution in [3.63, 3.8) is 0 Å². The largest absolute Gasteiger partial charge is 0.288 e. The minimum atomic E-state index is -0.544. The van der Waals surface area contributed by atoms with Gasteiger partial charge in [-0.05, 0) is 30.3 Å². The molecule has 0 radical (unpaired) electrons. The van der Waals surface area contributed by atoms with Gasteiger partial charge in [0.1, 0.15) is 18.5 Å². The van der Waals surface area contributed by atoms with Crippen molar-refractivity contribution in [3.8, 4) is 5.69 Å². The van der Waals surface area contributed by atoms with Crippen LogP contribution in [0.1, 0.15) is 15.9 Å². The van der Waals surface area contributed by atoms with E-state index in [0.717, 1.165) is 4.47 Å². The Kier molecular flexibility index (Phi) is 3.62. The summed E-state index contributed by atoms with van der Waals surface area (Å²) in [5.41, 5.74) is 0.996. The zero-order valence-electron chi connectivity index (χ0n) is 10.7. The minimum absolute atomic E-state index is 0.0323. The monoisotopic (exact) mass is 345 g/mol. The highest BCUT2D eigenvalue weighted by Gasteiger charge is 2.18. The van der Waals surface area contributed by atoms with E-state index in [9.17, 15) is 9.18 Å². The Hall–Kier alpha value is -2.34. The van der Waals surface area contributed by atoms with Gasteiger partial charge in [0.25, 0.3) is 0 Å². The lowest BCUT2D eigenvalue weighted by Gasteiger charge is -2.10. The van der Waals surface area contributed by atoms with Crippen LogP contribution in [0.2, 0.25) is 0 Å². The van der Waals surface area contributed by atoms with E-state index in [1.807, 2.05) is 0 Å². The first kappa shape index (κ1) is 13.6. The predicted molar refractivity (Wildman–Crippen MR) is 78.9 cm³/mol. The van der Waals surface area contributed by atoms with Crippen LogP contribution in [0.4, 0.5) is 4.39 Å². The number of benzene rings is 2. The smallest absolute Gasteiger partial charge is 0.198 e. The maximum absolute atomic E-state index is 13.8. The molecule has 21 heavy (non-hydrogen) atoms. The Morgan fingerprint density at radius 3 is 2.48 bits per heavy atom. The normalized spacial score (nSPS) is 10.6. The van der Waals surface area contributed by atoms with Gasteiger partial charge in [0.15, 0.2) is 5.78 Å². The topological polar surface area (TPSA) is 47.8 Å². The Bertz CT molecular complexity index is 802. The maximum atomic E-state index is 13.8. The number of rotatable bonds is 3. The summed E-state index contributed by atoms with van der Waals surface area (Å²) in [7, 11) is 0. The second kappa shape index (κ2) is 5.57. The molecule has 104 valence electrons. The van der Waals surface area contributed by atoms with Gasteiger partial charge in [-0.15, -0.1) is 10.2 Å². The van der Waals surface area contributed by atoms with Crippen LogP contribution in [0.3, 0.4) is 0 Å². The number of carbonyl (C=O) groups excluding carboxylic acids is 1. The average Bonchev–Trinajstić information content (AvgIpc) is 3.01. The molecule has 0 aliphatic heterocycles. The number of carbonyl (C=O) groups is 1. The molecule has 0 aliphatic carbocycles. The van der Waals surface area contributed by atoms with E-state index >= 15 is 0 Å². The van der Waals surface area contributed by atoms with Crippen LogP contribution in [-0.4, -0.2) is 20.5 Å². The van der Waals surface area contributed by atoms with Crippen molar-refractivity contribution in [2.75, 3.05) is 0 Å². The molecule has 3 rings (SSSR count). The molecule has 0 unspecified atom stereocenters. The summed E-state index contributed by atoms with van der Waals surface area (Å²) in [5, 5.41) is 7.46. The summed E-state index contributed by atoms with van der Waals surface area (Å²) < 4.78 is 16.2. The molecule has 0 fully saturated rings. The van der Waals surface area contributed by atoms with Gasteiger partial charge >= 0.3 is 0 Å². The second-order valence-electron chi connectivity index (χ2n) is 4.34. The highest BCUT2D eigenvalue weighted by atomic mass is 79.9. The van der Waals surface area contributed by atoms with E-state index in [-0.39, 0.29) is 5.56 Å². The maximum Gasteiger partial charge on any atom is 0.198 e. The van der Waals surface area contributed by atoms with Crippen LogP contribution in [0.25, 0.3) is 5.69 Å². The van der Waals surface area contributed by atoms with Crippen molar-refractivity contribution < 1.29 is 9.18 Å². The van der Waals surface area contributed by atoms with Gasteiger partial charge in [-0.25, -0.2) is 4.39 Å². The predicted octanol–water partition coefficient (Wildman–Crippen LogP) is 3.40.